The van der Waals surface area contributed by atoms with E-state index in [-0.39, 0.29) is 5.84 Å². The monoisotopic (exact) mass is 382 g/mol. The van der Waals surface area contributed by atoms with Crippen LogP contribution in [0.15, 0.2) is 25.3 Å². The minimum Gasteiger partial charge on any atom is -0.409 e. The quantitative estimate of drug-likeness (QED) is 0.343. The van der Waals surface area contributed by atoms with E-state index in [2.05, 4.69) is 21.1 Å². The molecule has 2 heterocycles. The summed E-state index contributed by atoms with van der Waals surface area (Å²) in [6.07, 6.45) is 0. The van der Waals surface area contributed by atoms with E-state index in [1.807, 2.05) is 4.90 Å². The largest absolute Gasteiger partial charge is 0.409 e. The summed E-state index contributed by atoms with van der Waals surface area (Å²) in [5.74, 6) is 0.127. The zero-order valence-electron chi connectivity index (χ0n) is 10.6. The maximum Gasteiger partial charge on any atom is 0.253 e. The van der Waals surface area contributed by atoms with E-state index in [9.17, 15) is 8.42 Å². The van der Waals surface area contributed by atoms with Crippen molar-refractivity contribution >= 4 is 43.1 Å². The van der Waals surface area contributed by atoms with E-state index in [1.54, 1.807) is 11.4 Å². The Hall–Kier alpha value is -0.680. The second-order valence-corrected chi connectivity index (χ2v) is 8.23. The second-order valence-electron chi connectivity index (χ2n) is 4.33. The second kappa shape index (κ2) is 6.39. The number of piperazine rings is 1. The minimum atomic E-state index is -3.44. The fourth-order valence-electron chi connectivity index (χ4n) is 1.97. The Labute approximate surface area is 129 Å². The van der Waals surface area contributed by atoms with Crippen LogP contribution in [0.2, 0.25) is 0 Å². The van der Waals surface area contributed by atoms with Crippen LogP contribution < -0.4 is 5.73 Å². The van der Waals surface area contributed by atoms with Crippen molar-refractivity contribution in [2.75, 3.05) is 32.7 Å². The van der Waals surface area contributed by atoms with Gasteiger partial charge in [-0.1, -0.05) is 5.16 Å². The van der Waals surface area contributed by atoms with Crippen molar-refractivity contribution in [2.24, 2.45) is 10.9 Å². The number of rotatable bonds is 4. The standard InChI is InChI=1S/C10H15BrN4O3S2/c11-8-1-6-19-10(8)20(17,18)15-4-2-14(3-5-15)7-9(12)13-16/h1,6,16H,2-5,7H2,(H2,12,13). The maximum absolute atomic E-state index is 12.5. The van der Waals surface area contributed by atoms with Gasteiger partial charge in [0, 0.05) is 30.7 Å². The summed E-state index contributed by atoms with van der Waals surface area (Å²) in [5, 5.41) is 13.2. The molecule has 2 rings (SSSR count). The van der Waals surface area contributed by atoms with Crippen LogP contribution in [0.25, 0.3) is 0 Å². The molecule has 1 aliphatic heterocycles. The van der Waals surface area contributed by atoms with Gasteiger partial charge in [0.05, 0.1) is 6.54 Å². The SMILES string of the molecule is NC(CN1CCN(S(=O)(=O)c2sccc2Br)CC1)=NO. The summed E-state index contributed by atoms with van der Waals surface area (Å²) in [7, 11) is -3.44. The minimum absolute atomic E-state index is 0.127. The lowest BCUT2D eigenvalue weighted by atomic mass is 10.3. The van der Waals surface area contributed by atoms with Crippen molar-refractivity contribution in [2.45, 2.75) is 4.21 Å². The molecule has 0 unspecified atom stereocenters. The third kappa shape index (κ3) is 3.31. The number of hydrogen-bond acceptors (Lipinski definition) is 6. The molecule has 0 radical (unpaired) electrons. The van der Waals surface area contributed by atoms with E-state index >= 15 is 0 Å². The van der Waals surface area contributed by atoms with Gasteiger partial charge in [0.2, 0.25) is 0 Å². The van der Waals surface area contributed by atoms with Crippen LogP contribution in [-0.2, 0) is 10.0 Å². The first-order valence-corrected chi connectivity index (χ1v) is 8.98. The highest BCUT2D eigenvalue weighted by atomic mass is 79.9. The molecule has 112 valence electrons. The molecule has 0 aromatic carbocycles. The lowest BCUT2D eigenvalue weighted by Gasteiger charge is -2.33. The van der Waals surface area contributed by atoms with Gasteiger partial charge in [-0.25, -0.2) is 8.42 Å². The summed E-state index contributed by atoms with van der Waals surface area (Å²) in [6, 6.07) is 1.73. The molecule has 0 amide bonds. The fourth-order valence-corrected chi connectivity index (χ4v) is 5.84. The lowest BCUT2D eigenvalue weighted by molar-refractivity contribution is 0.206. The molecule has 1 aromatic rings. The molecule has 1 saturated heterocycles. The molecule has 3 N–H and O–H groups in total. The number of nitrogens with zero attached hydrogens (tertiary/aromatic N) is 3. The van der Waals surface area contributed by atoms with Crippen LogP contribution in [0.3, 0.4) is 0 Å². The Morgan fingerprint density at radius 1 is 1.45 bits per heavy atom. The Bertz CT molecular complexity index is 593. The third-order valence-corrected chi connectivity index (χ3v) is 7.55. The van der Waals surface area contributed by atoms with Crippen LogP contribution in [-0.4, -0.2) is 61.4 Å². The Kier molecular flexibility index (Phi) is 5.02. The van der Waals surface area contributed by atoms with Crippen LogP contribution in [0, 0.1) is 0 Å². The van der Waals surface area contributed by atoms with Gasteiger partial charge in [0.25, 0.3) is 10.0 Å². The summed E-state index contributed by atoms with van der Waals surface area (Å²) >= 11 is 4.46. The molecule has 10 heteroatoms. The first kappa shape index (κ1) is 15.7. The molecular weight excluding hydrogens is 368 g/mol. The van der Waals surface area contributed by atoms with E-state index in [0.717, 1.165) is 0 Å². The van der Waals surface area contributed by atoms with E-state index in [1.165, 1.54) is 15.6 Å². The highest BCUT2D eigenvalue weighted by Crippen LogP contribution is 2.30. The zero-order valence-corrected chi connectivity index (χ0v) is 13.8. The Balaban J connectivity index is 2.02. The van der Waals surface area contributed by atoms with Gasteiger partial charge in [-0.2, -0.15) is 4.31 Å². The average Bonchev–Trinajstić information content (AvgIpc) is 2.86. The predicted molar refractivity (Wildman–Crippen MR) is 80.6 cm³/mol. The first-order valence-electron chi connectivity index (χ1n) is 5.87. The van der Waals surface area contributed by atoms with Gasteiger partial charge in [0.1, 0.15) is 4.21 Å². The molecule has 1 aromatic heterocycles. The van der Waals surface area contributed by atoms with Gasteiger partial charge in [0.15, 0.2) is 5.84 Å². The highest BCUT2D eigenvalue weighted by molar-refractivity contribution is 9.10. The number of sulfonamides is 1. The van der Waals surface area contributed by atoms with Gasteiger partial charge in [-0.15, -0.1) is 11.3 Å². The molecule has 1 aliphatic rings. The van der Waals surface area contributed by atoms with Crippen LogP contribution >= 0.6 is 27.3 Å². The number of hydrogen-bond donors (Lipinski definition) is 2. The van der Waals surface area contributed by atoms with Crippen molar-refractivity contribution in [3.63, 3.8) is 0 Å². The van der Waals surface area contributed by atoms with Crippen LogP contribution in [0.5, 0.6) is 0 Å². The number of amidine groups is 1. The topological polar surface area (TPSA) is 99.2 Å². The molecule has 0 atom stereocenters. The molecule has 0 saturated carbocycles. The van der Waals surface area contributed by atoms with Crippen LogP contribution in [0.1, 0.15) is 0 Å². The summed E-state index contributed by atoms with van der Waals surface area (Å²) < 4.78 is 27.3. The normalized spacial score (nSPS) is 19.4. The van der Waals surface area contributed by atoms with Gasteiger partial charge in [-0.05, 0) is 27.4 Å². The van der Waals surface area contributed by atoms with Crippen molar-refractivity contribution in [3.05, 3.63) is 15.9 Å². The Morgan fingerprint density at radius 3 is 2.60 bits per heavy atom. The average molecular weight is 383 g/mol. The first-order chi connectivity index (χ1) is 9.45. The molecule has 0 bridgehead atoms. The maximum atomic E-state index is 12.5. The van der Waals surface area contributed by atoms with Gasteiger partial charge < -0.3 is 10.9 Å². The van der Waals surface area contributed by atoms with Crippen LogP contribution in [0.4, 0.5) is 0 Å². The number of nitrogens with two attached hydrogens (primary N) is 1. The number of thiophene rings is 1. The fraction of sp³-hybridized carbons (Fsp3) is 0.500. The summed E-state index contributed by atoms with van der Waals surface area (Å²) in [4.78, 5) is 1.95. The third-order valence-electron chi connectivity index (χ3n) is 3.00. The van der Waals surface area contributed by atoms with Crippen molar-refractivity contribution in [1.29, 1.82) is 0 Å². The predicted octanol–water partition coefficient (Wildman–Crippen LogP) is 0.563. The van der Waals surface area contributed by atoms with Crippen molar-refractivity contribution in [3.8, 4) is 0 Å². The van der Waals surface area contributed by atoms with Gasteiger partial charge >= 0.3 is 0 Å². The lowest BCUT2D eigenvalue weighted by Crippen LogP contribution is -2.50. The molecular formula is C10H15BrN4O3S2. The van der Waals surface area contributed by atoms with Gasteiger partial charge in [-0.3, -0.25) is 4.90 Å². The molecule has 0 spiro atoms. The summed E-state index contributed by atoms with van der Waals surface area (Å²) in [5.41, 5.74) is 5.44. The molecule has 20 heavy (non-hydrogen) atoms. The Morgan fingerprint density at radius 2 is 2.10 bits per heavy atom. The number of halogens is 1. The number of oxime groups is 1. The molecule has 7 nitrogen and oxygen atoms in total. The molecule has 0 aliphatic carbocycles. The van der Waals surface area contributed by atoms with Crippen molar-refractivity contribution < 1.29 is 13.6 Å². The van der Waals surface area contributed by atoms with Crippen molar-refractivity contribution in [1.82, 2.24) is 9.21 Å². The molecule has 1 fully saturated rings. The summed E-state index contributed by atoms with van der Waals surface area (Å²) in [6.45, 7) is 2.24. The van der Waals surface area contributed by atoms with E-state index in [4.69, 9.17) is 10.9 Å². The highest BCUT2D eigenvalue weighted by Gasteiger charge is 2.30. The zero-order chi connectivity index (χ0) is 14.8. The van der Waals surface area contributed by atoms with E-state index in [0.29, 0.717) is 41.4 Å². The van der Waals surface area contributed by atoms with E-state index < -0.39 is 10.0 Å². The smallest absolute Gasteiger partial charge is 0.253 e.